The molecule has 2 aromatic carbocycles. The quantitative estimate of drug-likeness (QED) is 0.390. The van der Waals surface area contributed by atoms with Crippen LogP contribution in [0.25, 0.3) is 0 Å². The minimum atomic E-state index is -0.119. The number of hydrogen-bond donors (Lipinski definition) is 2. The lowest BCUT2D eigenvalue weighted by molar-refractivity contribution is -0.0671. The fraction of sp³-hybridized carbons (Fsp3) is 0.480. The van der Waals surface area contributed by atoms with Gasteiger partial charge < -0.3 is 24.8 Å². The number of nitrogens with one attached hydrogen (secondary N) is 1. The molecule has 7 heteroatoms. The van der Waals surface area contributed by atoms with Crippen LogP contribution in [-0.4, -0.2) is 75.8 Å². The maximum atomic E-state index is 12.3. The fourth-order valence-corrected chi connectivity index (χ4v) is 4.05. The molecule has 2 atom stereocenters. The van der Waals surface area contributed by atoms with Gasteiger partial charge in [-0.3, -0.25) is 9.69 Å². The number of aliphatic hydroxyl groups excluding tert-OH is 1. The Balaban J connectivity index is 1.69. The lowest BCUT2D eigenvalue weighted by Gasteiger charge is -2.33. The zero-order valence-corrected chi connectivity index (χ0v) is 19.1. The van der Waals surface area contributed by atoms with Crippen molar-refractivity contribution < 1.29 is 19.4 Å². The summed E-state index contributed by atoms with van der Waals surface area (Å²) in [5, 5.41) is 11.7. The first-order chi connectivity index (χ1) is 15.6. The Bertz CT molecular complexity index is 816. The summed E-state index contributed by atoms with van der Waals surface area (Å²) in [7, 11) is 3.75. The van der Waals surface area contributed by atoms with Crippen molar-refractivity contribution in [3.63, 3.8) is 0 Å². The zero-order valence-electron chi connectivity index (χ0n) is 19.1. The van der Waals surface area contributed by atoms with Gasteiger partial charge in [0.15, 0.2) is 0 Å². The molecule has 2 aromatic rings. The Kier molecular flexibility index (Phi) is 9.49. The minimum Gasteiger partial charge on any atom is -0.396 e. The second-order valence-electron chi connectivity index (χ2n) is 8.16. The summed E-state index contributed by atoms with van der Waals surface area (Å²) in [5.41, 5.74) is 2.92. The number of benzene rings is 2. The van der Waals surface area contributed by atoms with E-state index in [1.54, 1.807) is 7.11 Å². The van der Waals surface area contributed by atoms with Gasteiger partial charge in [-0.2, -0.15) is 0 Å². The van der Waals surface area contributed by atoms with Crippen molar-refractivity contribution in [1.82, 2.24) is 10.2 Å². The van der Waals surface area contributed by atoms with Crippen LogP contribution in [0.3, 0.4) is 0 Å². The van der Waals surface area contributed by atoms with Gasteiger partial charge in [-0.15, -0.1) is 0 Å². The predicted octanol–water partition coefficient (Wildman–Crippen LogP) is 2.67. The number of carbonyl (C=O) groups excluding carboxylic acids is 1. The molecular weight excluding hydrogens is 406 g/mol. The highest BCUT2D eigenvalue weighted by atomic mass is 16.7. The molecule has 0 spiro atoms. The number of hydrogen-bond acceptors (Lipinski definition) is 6. The number of rotatable bonds is 12. The van der Waals surface area contributed by atoms with Crippen molar-refractivity contribution in [3.05, 3.63) is 65.7 Å². The van der Waals surface area contributed by atoms with E-state index in [-0.39, 0.29) is 24.7 Å². The van der Waals surface area contributed by atoms with Gasteiger partial charge in [0.25, 0.3) is 5.91 Å². The second kappa shape index (κ2) is 12.6. The normalized spacial score (nSPS) is 17.3. The maximum Gasteiger partial charge on any atom is 0.251 e. The molecule has 1 aliphatic heterocycles. The maximum absolute atomic E-state index is 12.3. The Labute approximate surface area is 190 Å². The molecule has 2 N–H and O–H groups in total. The van der Waals surface area contributed by atoms with Crippen molar-refractivity contribution in [2.75, 3.05) is 58.6 Å². The van der Waals surface area contributed by atoms with Gasteiger partial charge in [-0.1, -0.05) is 30.3 Å². The molecule has 32 heavy (non-hydrogen) atoms. The molecule has 1 amide bonds. The monoisotopic (exact) mass is 441 g/mol. The molecule has 0 saturated carbocycles. The van der Waals surface area contributed by atoms with Gasteiger partial charge in [-0.05, 0) is 42.7 Å². The molecule has 0 radical (unpaired) electrons. The molecule has 1 saturated heterocycles. The Hall–Kier alpha value is -2.45. The summed E-state index contributed by atoms with van der Waals surface area (Å²) < 4.78 is 10.8. The largest absolute Gasteiger partial charge is 0.396 e. The van der Waals surface area contributed by atoms with Crippen LogP contribution in [-0.2, 0) is 9.47 Å². The summed E-state index contributed by atoms with van der Waals surface area (Å²) in [4.78, 5) is 17.0. The third-order valence-electron chi connectivity index (χ3n) is 5.89. The van der Waals surface area contributed by atoms with Gasteiger partial charge >= 0.3 is 0 Å². The minimum absolute atomic E-state index is 0.0706. The van der Waals surface area contributed by atoms with Gasteiger partial charge in [0.2, 0.25) is 0 Å². The summed E-state index contributed by atoms with van der Waals surface area (Å²) in [5.74, 6) is -0.119. The standard InChI is InChI=1S/C25H35N3O4/c1-27(22-11-9-21(10-12-22)25(30)26-14-6-16-29)24(20-7-4-3-5-8-20)18-28-15-13-23(17-28)32-19-31-2/h3-5,7-12,23-24,29H,6,13-19H2,1-2H3,(H,26,30). The fourth-order valence-electron chi connectivity index (χ4n) is 4.05. The Morgan fingerprint density at radius 3 is 2.66 bits per heavy atom. The number of likely N-dealkylation sites (tertiary alicyclic amines) is 1. The number of amides is 1. The van der Waals surface area contributed by atoms with E-state index < -0.39 is 0 Å². The number of likely N-dealkylation sites (N-methyl/N-ethyl adjacent to an activating group) is 1. The zero-order chi connectivity index (χ0) is 22.8. The Morgan fingerprint density at radius 2 is 1.97 bits per heavy atom. The number of carbonyl (C=O) groups is 1. The van der Waals surface area contributed by atoms with Gasteiger partial charge in [0.1, 0.15) is 6.79 Å². The van der Waals surface area contributed by atoms with Crippen LogP contribution in [0.15, 0.2) is 54.6 Å². The van der Waals surface area contributed by atoms with Crippen LogP contribution in [0.5, 0.6) is 0 Å². The number of methoxy groups -OCH3 is 1. The Morgan fingerprint density at radius 1 is 1.22 bits per heavy atom. The van der Waals surface area contributed by atoms with Gasteiger partial charge in [0, 0.05) is 58.2 Å². The number of aliphatic hydroxyl groups is 1. The van der Waals surface area contributed by atoms with E-state index in [9.17, 15) is 4.79 Å². The lowest BCUT2D eigenvalue weighted by atomic mass is 10.0. The first-order valence-electron chi connectivity index (χ1n) is 11.2. The molecular formula is C25H35N3O4. The predicted molar refractivity (Wildman–Crippen MR) is 126 cm³/mol. The van der Waals surface area contributed by atoms with Gasteiger partial charge in [-0.25, -0.2) is 0 Å². The number of ether oxygens (including phenoxy) is 2. The molecule has 1 heterocycles. The molecule has 7 nitrogen and oxygen atoms in total. The first kappa shape index (κ1) is 24.2. The van der Waals surface area contributed by atoms with Crippen LogP contribution in [0.1, 0.15) is 34.8 Å². The topological polar surface area (TPSA) is 74.3 Å². The smallest absolute Gasteiger partial charge is 0.251 e. The van der Waals surface area contributed by atoms with Crippen molar-refractivity contribution >= 4 is 11.6 Å². The first-order valence-corrected chi connectivity index (χ1v) is 11.2. The molecule has 174 valence electrons. The van der Waals surface area contributed by atoms with Crippen LogP contribution in [0.2, 0.25) is 0 Å². The molecule has 0 aliphatic carbocycles. The van der Waals surface area contributed by atoms with Crippen LogP contribution in [0.4, 0.5) is 5.69 Å². The lowest BCUT2D eigenvalue weighted by Crippen LogP contribution is -2.36. The molecule has 1 aliphatic rings. The summed E-state index contributed by atoms with van der Waals surface area (Å²) in [6.45, 7) is 3.66. The van der Waals surface area contributed by atoms with E-state index in [4.69, 9.17) is 14.6 Å². The highest BCUT2D eigenvalue weighted by molar-refractivity contribution is 5.94. The van der Waals surface area contributed by atoms with E-state index in [1.807, 2.05) is 30.3 Å². The van der Waals surface area contributed by atoms with E-state index in [2.05, 4.69) is 46.4 Å². The van der Waals surface area contributed by atoms with Crippen molar-refractivity contribution in [2.24, 2.45) is 0 Å². The highest BCUT2D eigenvalue weighted by Crippen LogP contribution is 2.28. The van der Waals surface area contributed by atoms with Crippen LogP contribution < -0.4 is 10.2 Å². The van der Waals surface area contributed by atoms with Crippen molar-refractivity contribution in [3.8, 4) is 0 Å². The van der Waals surface area contributed by atoms with Crippen LogP contribution in [0, 0.1) is 0 Å². The summed E-state index contributed by atoms with van der Waals surface area (Å²) in [6, 6.07) is 18.4. The van der Waals surface area contributed by atoms with Gasteiger partial charge in [0.05, 0.1) is 12.1 Å². The summed E-state index contributed by atoms with van der Waals surface area (Å²) in [6.07, 6.45) is 1.77. The SMILES string of the molecule is COCOC1CCN(CC(c2ccccc2)N(C)c2ccc(C(=O)NCCCO)cc2)C1. The molecule has 1 fully saturated rings. The van der Waals surface area contributed by atoms with Crippen LogP contribution >= 0.6 is 0 Å². The summed E-state index contributed by atoms with van der Waals surface area (Å²) >= 11 is 0. The number of nitrogens with zero attached hydrogens (tertiary/aromatic N) is 2. The van der Waals surface area contributed by atoms with E-state index >= 15 is 0 Å². The molecule has 2 unspecified atom stereocenters. The third-order valence-corrected chi connectivity index (χ3v) is 5.89. The van der Waals surface area contributed by atoms with E-state index in [0.717, 1.165) is 31.7 Å². The molecule has 0 bridgehead atoms. The molecule has 3 rings (SSSR count). The van der Waals surface area contributed by atoms with Crippen molar-refractivity contribution in [1.29, 1.82) is 0 Å². The van der Waals surface area contributed by atoms with Crippen molar-refractivity contribution in [2.45, 2.75) is 25.0 Å². The van der Waals surface area contributed by atoms with E-state index in [0.29, 0.717) is 25.3 Å². The number of anilines is 1. The average Bonchev–Trinajstić information content (AvgIpc) is 3.29. The second-order valence-corrected chi connectivity index (χ2v) is 8.16. The van der Waals surface area contributed by atoms with E-state index in [1.165, 1.54) is 5.56 Å². The highest BCUT2D eigenvalue weighted by Gasteiger charge is 2.27. The average molecular weight is 442 g/mol. The molecule has 0 aromatic heterocycles. The third kappa shape index (κ3) is 6.77.